The Hall–Kier alpha value is -3.09. The minimum atomic E-state index is -0.157. The number of piperidine rings is 1. The highest BCUT2D eigenvalue weighted by atomic mass is 16.3. The van der Waals surface area contributed by atoms with Crippen LogP contribution in [0, 0.1) is 0 Å². The molecular formula is C19H20N4O3. The molecule has 7 heteroatoms. The minimum Gasteiger partial charge on any atom is -0.463 e. The predicted octanol–water partition coefficient (Wildman–Crippen LogP) is 1.93. The second-order valence-electron chi connectivity index (χ2n) is 6.57. The average Bonchev–Trinajstić information content (AvgIpc) is 3.08. The number of nitrogens with one attached hydrogen (secondary N) is 1. The maximum absolute atomic E-state index is 12.7. The van der Waals surface area contributed by atoms with Crippen molar-refractivity contribution in [1.82, 2.24) is 14.9 Å². The van der Waals surface area contributed by atoms with E-state index in [9.17, 15) is 9.59 Å². The molecule has 1 amide bonds. The molecule has 7 nitrogen and oxygen atoms in total. The fourth-order valence-corrected chi connectivity index (χ4v) is 3.41. The molecule has 1 aliphatic rings. The molecule has 1 aromatic carbocycles. The molecular weight excluding hydrogens is 332 g/mol. The molecule has 1 atom stereocenters. The lowest BCUT2D eigenvalue weighted by molar-refractivity contribution is 0.0934. The van der Waals surface area contributed by atoms with Crippen molar-refractivity contribution in [2.75, 3.05) is 18.0 Å². The number of carbonyl (C=O) groups excluding carboxylic acids is 1. The Morgan fingerprint density at radius 1 is 1.35 bits per heavy atom. The van der Waals surface area contributed by atoms with Gasteiger partial charge in [-0.15, -0.1) is 0 Å². The molecule has 0 saturated carbocycles. The summed E-state index contributed by atoms with van der Waals surface area (Å²) in [5, 5.41) is 3.87. The van der Waals surface area contributed by atoms with E-state index < -0.39 is 0 Å². The first kappa shape index (κ1) is 16.4. The Balaban J connectivity index is 1.51. The van der Waals surface area contributed by atoms with Crippen LogP contribution in [0.3, 0.4) is 0 Å². The van der Waals surface area contributed by atoms with Gasteiger partial charge >= 0.3 is 0 Å². The van der Waals surface area contributed by atoms with Gasteiger partial charge in [-0.05, 0) is 18.9 Å². The van der Waals surface area contributed by atoms with Gasteiger partial charge < -0.3 is 19.2 Å². The molecule has 1 unspecified atom stereocenters. The van der Waals surface area contributed by atoms with Gasteiger partial charge in [0.25, 0.3) is 11.5 Å². The van der Waals surface area contributed by atoms with Crippen LogP contribution in [-0.2, 0) is 7.05 Å². The van der Waals surface area contributed by atoms with E-state index in [0.29, 0.717) is 23.5 Å². The molecule has 134 valence electrons. The molecule has 4 rings (SSSR count). The number of nitrogens with zero attached hydrogens (tertiary/aromatic N) is 3. The fraction of sp³-hybridized carbons (Fsp3) is 0.316. The normalized spacial score (nSPS) is 17.4. The third kappa shape index (κ3) is 2.96. The zero-order chi connectivity index (χ0) is 18.1. The SMILES string of the molecule is Cn1ccnc(N2CCCC(NC(=O)c3coc4ccccc34)C2)c1=O. The molecule has 0 aliphatic carbocycles. The van der Waals surface area contributed by atoms with Crippen molar-refractivity contribution >= 4 is 22.7 Å². The van der Waals surface area contributed by atoms with Crippen LogP contribution in [0.1, 0.15) is 23.2 Å². The Bertz CT molecular complexity index is 1010. The van der Waals surface area contributed by atoms with Gasteiger partial charge in [-0.2, -0.15) is 0 Å². The molecule has 0 spiro atoms. The molecule has 2 aromatic heterocycles. The number of carbonyl (C=O) groups is 1. The van der Waals surface area contributed by atoms with E-state index in [1.165, 1.54) is 10.8 Å². The Morgan fingerprint density at radius 2 is 2.19 bits per heavy atom. The summed E-state index contributed by atoms with van der Waals surface area (Å²) in [4.78, 5) is 31.2. The molecule has 1 saturated heterocycles. The molecule has 0 radical (unpaired) electrons. The smallest absolute Gasteiger partial charge is 0.293 e. The number of anilines is 1. The summed E-state index contributed by atoms with van der Waals surface area (Å²) < 4.78 is 6.97. The van der Waals surface area contributed by atoms with Gasteiger partial charge in [0, 0.05) is 44.0 Å². The average molecular weight is 352 g/mol. The van der Waals surface area contributed by atoms with Gasteiger partial charge in [-0.3, -0.25) is 9.59 Å². The van der Waals surface area contributed by atoms with Crippen molar-refractivity contribution in [1.29, 1.82) is 0 Å². The van der Waals surface area contributed by atoms with Gasteiger partial charge in [0.2, 0.25) is 0 Å². The van der Waals surface area contributed by atoms with Crippen LogP contribution in [0.2, 0.25) is 0 Å². The number of aromatic nitrogens is 2. The molecule has 1 N–H and O–H groups in total. The second-order valence-corrected chi connectivity index (χ2v) is 6.57. The highest BCUT2D eigenvalue weighted by Gasteiger charge is 2.25. The number of para-hydroxylation sites is 1. The lowest BCUT2D eigenvalue weighted by atomic mass is 10.0. The van der Waals surface area contributed by atoms with Crippen molar-refractivity contribution < 1.29 is 9.21 Å². The van der Waals surface area contributed by atoms with Crippen LogP contribution in [0.4, 0.5) is 5.82 Å². The Labute approximate surface area is 150 Å². The Kier molecular flexibility index (Phi) is 4.20. The summed E-state index contributed by atoms with van der Waals surface area (Å²) in [7, 11) is 1.71. The lowest BCUT2D eigenvalue weighted by Gasteiger charge is -2.33. The zero-order valence-corrected chi connectivity index (χ0v) is 14.5. The van der Waals surface area contributed by atoms with Gasteiger partial charge in [0.1, 0.15) is 11.8 Å². The standard InChI is InChI=1S/C19H20N4O3/c1-22-10-8-20-17(19(22)25)23-9-4-5-13(11-23)21-18(24)15-12-26-16-7-3-2-6-14(15)16/h2-3,6-8,10,12-13H,4-5,9,11H2,1H3,(H,21,24). The van der Waals surface area contributed by atoms with E-state index in [-0.39, 0.29) is 17.5 Å². The Morgan fingerprint density at radius 3 is 3.08 bits per heavy atom. The first-order chi connectivity index (χ1) is 12.6. The zero-order valence-electron chi connectivity index (χ0n) is 14.5. The predicted molar refractivity (Wildman–Crippen MR) is 98.4 cm³/mol. The van der Waals surface area contributed by atoms with Gasteiger partial charge in [0.15, 0.2) is 5.82 Å². The molecule has 3 heterocycles. The van der Waals surface area contributed by atoms with E-state index in [0.717, 1.165) is 24.8 Å². The quantitative estimate of drug-likeness (QED) is 0.779. The lowest BCUT2D eigenvalue weighted by Crippen LogP contribution is -2.49. The number of fused-ring (bicyclic) bond motifs is 1. The fourth-order valence-electron chi connectivity index (χ4n) is 3.41. The topological polar surface area (TPSA) is 80.4 Å². The first-order valence-corrected chi connectivity index (χ1v) is 8.67. The van der Waals surface area contributed by atoms with Crippen LogP contribution >= 0.6 is 0 Å². The van der Waals surface area contributed by atoms with E-state index in [1.807, 2.05) is 29.2 Å². The van der Waals surface area contributed by atoms with Crippen LogP contribution in [0.25, 0.3) is 11.0 Å². The number of rotatable bonds is 3. The number of furan rings is 1. The number of aryl methyl sites for hydroxylation is 1. The van der Waals surface area contributed by atoms with Gasteiger partial charge in [0.05, 0.1) is 5.56 Å². The van der Waals surface area contributed by atoms with Crippen LogP contribution in [-0.4, -0.2) is 34.6 Å². The summed E-state index contributed by atoms with van der Waals surface area (Å²) in [6.45, 7) is 1.32. The summed E-state index contributed by atoms with van der Waals surface area (Å²) in [5.41, 5.74) is 1.10. The maximum atomic E-state index is 12.7. The van der Waals surface area contributed by atoms with E-state index >= 15 is 0 Å². The summed E-state index contributed by atoms with van der Waals surface area (Å²) in [6, 6.07) is 7.43. The van der Waals surface area contributed by atoms with Crippen molar-refractivity contribution in [3.63, 3.8) is 0 Å². The second kappa shape index (κ2) is 6.67. The number of hydrogen-bond donors (Lipinski definition) is 1. The first-order valence-electron chi connectivity index (χ1n) is 8.67. The number of amides is 1. The summed E-state index contributed by atoms with van der Waals surface area (Å²) in [5.74, 6) is 0.276. The van der Waals surface area contributed by atoms with Crippen LogP contribution in [0.5, 0.6) is 0 Å². The van der Waals surface area contributed by atoms with Gasteiger partial charge in [-0.25, -0.2) is 4.98 Å². The molecule has 0 bridgehead atoms. The van der Waals surface area contributed by atoms with Crippen molar-refractivity contribution in [3.8, 4) is 0 Å². The summed E-state index contributed by atoms with van der Waals surface area (Å²) in [6.07, 6.45) is 6.51. The number of benzene rings is 1. The van der Waals surface area contributed by atoms with Crippen LogP contribution in [0.15, 0.2) is 52.1 Å². The van der Waals surface area contributed by atoms with Crippen LogP contribution < -0.4 is 15.8 Å². The molecule has 3 aromatic rings. The highest BCUT2D eigenvalue weighted by molar-refractivity contribution is 6.06. The molecule has 26 heavy (non-hydrogen) atoms. The number of hydrogen-bond acceptors (Lipinski definition) is 5. The monoisotopic (exact) mass is 352 g/mol. The minimum absolute atomic E-state index is 0.0448. The third-order valence-corrected chi connectivity index (χ3v) is 4.78. The van der Waals surface area contributed by atoms with Crippen molar-refractivity contribution in [2.45, 2.75) is 18.9 Å². The molecule has 1 aliphatic heterocycles. The van der Waals surface area contributed by atoms with E-state index in [2.05, 4.69) is 10.3 Å². The molecule has 1 fully saturated rings. The largest absolute Gasteiger partial charge is 0.463 e. The third-order valence-electron chi connectivity index (χ3n) is 4.78. The van der Waals surface area contributed by atoms with E-state index in [1.54, 1.807) is 19.4 Å². The highest BCUT2D eigenvalue weighted by Crippen LogP contribution is 2.21. The van der Waals surface area contributed by atoms with Gasteiger partial charge in [-0.1, -0.05) is 18.2 Å². The van der Waals surface area contributed by atoms with Crippen molar-refractivity contribution in [2.24, 2.45) is 7.05 Å². The maximum Gasteiger partial charge on any atom is 0.293 e. The summed E-state index contributed by atoms with van der Waals surface area (Å²) >= 11 is 0. The van der Waals surface area contributed by atoms with Crippen molar-refractivity contribution in [3.05, 3.63) is 58.8 Å². The van der Waals surface area contributed by atoms with E-state index in [4.69, 9.17) is 4.42 Å².